The number of hydrogen-bond donors (Lipinski definition) is 1. The van der Waals surface area contributed by atoms with Crippen LogP contribution in [-0.2, 0) is 6.54 Å². The fraction of sp³-hybridized carbons (Fsp3) is 0.0769. The van der Waals surface area contributed by atoms with Crippen molar-refractivity contribution in [2.24, 2.45) is 5.73 Å². The first-order chi connectivity index (χ1) is 7.72. The molecule has 0 aromatic heterocycles. The number of rotatable bonds is 2. The molecular weight excluding hydrogens is 241 g/mol. The Hall–Kier alpha value is -1.02. The summed E-state index contributed by atoms with van der Waals surface area (Å²) < 4.78 is 0. The third-order valence-corrected chi connectivity index (χ3v) is 3.02. The van der Waals surface area contributed by atoms with E-state index in [-0.39, 0.29) is 0 Å². The zero-order valence-electron chi connectivity index (χ0n) is 8.58. The van der Waals surface area contributed by atoms with E-state index in [9.17, 15) is 0 Å². The molecule has 0 bridgehead atoms. The molecule has 0 spiro atoms. The van der Waals surface area contributed by atoms with Crippen LogP contribution in [0.15, 0.2) is 42.5 Å². The minimum absolute atomic E-state index is 0.470. The average molecular weight is 252 g/mol. The molecule has 0 saturated heterocycles. The second kappa shape index (κ2) is 4.88. The van der Waals surface area contributed by atoms with E-state index in [0.717, 1.165) is 16.7 Å². The molecule has 0 unspecified atom stereocenters. The molecular formula is C13H11Cl2N. The Morgan fingerprint density at radius 2 is 1.69 bits per heavy atom. The van der Waals surface area contributed by atoms with Gasteiger partial charge in [0.15, 0.2) is 0 Å². The van der Waals surface area contributed by atoms with Crippen LogP contribution in [0.25, 0.3) is 11.1 Å². The molecule has 0 saturated carbocycles. The van der Waals surface area contributed by atoms with E-state index in [4.69, 9.17) is 28.9 Å². The summed E-state index contributed by atoms with van der Waals surface area (Å²) >= 11 is 12.1. The van der Waals surface area contributed by atoms with Gasteiger partial charge in [-0.1, -0.05) is 47.5 Å². The largest absolute Gasteiger partial charge is 0.326 e. The Morgan fingerprint density at radius 3 is 2.38 bits per heavy atom. The molecule has 2 rings (SSSR count). The maximum Gasteiger partial charge on any atom is 0.0484 e. The van der Waals surface area contributed by atoms with Gasteiger partial charge in [0.1, 0.15) is 0 Å². The van der Waals surface area contributed by atoms with E-state index in [0.29, 0.717) is 16.6 Å². The normalized spacial score (nSPS) is 10.4. The fourth-order valence-corrected chi connectivity index (χ4v) is 2.07. The Labute approximate surface area is 105 Å². The van der Waals surface area contributed by atoms with Crippen molar-refractivity contribution in [1.82, 2.24) is 0 Å². The maximum atomic E-state index is 6.16. The first kappa shape index (κ1) is 11.5. The van der Waals surface area contributed by atoms with Crippen molar-refractivity contribution in [3.63, 3.8) is 0 Å². The number of halogens is 2. The zero-order valence-corrected chi connectivity index (χ0v) is 10.1. The Balaban J connectivity index is 2.63. The molecule has 0 fully saturated rings. The van der Waals surface area contributed by atoms with Crippen molar-refractivity contribution in [2.45, 2.75) is 6.54 Å². The summed E-state index contributed by atoms with van der Waals surface area (Å²) in [6.07, 6.45) is 0. The van der Waals surface area contributed by atoms with Gasteiger partial charge < -0.3 is 5.73 Å². The van der Waals surface area contributed by atoms with Crippen molar-refractivity contribution in [3.05, 3.63) is 58.1 Å². The van der Waals surface area contributed by atoms with Crippen molar-refractivity contribution in [3.8, 4) is 11.1 Å². The summed E-state index contributed by atoms with van der Waals surface area (Å²) in [7, 11) is 0. The van der Waals surface area contributed by atoms with Crippen molar-refractivity contribution >= 4 is 23.2 Å². The van der Waals surface area contributed by atoms with Gasteiger partial charge in [-0.15, -0.1) is 0 Å². The standard InChI is InChI=1S/C13H11Cl2N/c14-10-6-5-9(8-16)12(7-10)11-3-1-2-4-13(11)15/h1-7H,8,16H2. The summed E-state index contributed by atoms with van der Waals surface area (Å²) in [6, 6.07) is 13.3. The molecule has 0 aliphatic heterocycles. The molecule has 2 aromatic carbocycles. The van der Waals surface area contributed by atoms with Crippen LogP contribution in [0.4, 0.5) is 0 Å². The van der Waals surface area contributed by atoms with Crippen molar-refractivity contribution in [2.75, 3.05) is 0 Å². The highest BCUT2D eigenvalue weighted by molar-refractivity contribution is 6.34. The van der Waals surface area contributed by atoms with Crippen LogP contribution in [0, 0.1) is 0 Å². The van der Waals surface area contributed by atoms with E-state index < -0.39 is 0 Å². The molecule has 0 atom stereocenters. The van der Waals surface area contributed by atoms with Crippen LogP contribution in [0.5, 0.6) is 0 Å². The maximum absolute atomic E-state index is 6.16. The predicted molar refractivity (Wildman–Crippen MR) is 69.8 cm³/mol. The average Bonchev–Trinajstić information content (AvgIpc) is 2.29. The smallest absolute Gasteiger partial charge is 0.0484 e. The first-order valence-corrected chi connectivity index (χ1v) is 5.71. The Morgan fingerprint density at radius 1 is 0.938 bits per heavy atom. The molecule has 0 radical (unpaired) electrons. The number of benzene rings is 2. The van der Waals surface area contributed by atoms with Gasteiger partial charge >= 0.3 is 0 Å². The van der Waals surface area contributed by atoms with Crippen molar-refractivity contribution in [1.29, 1.82) is 0 Å². The summed E-state index contributed by atoms with van der Waals surface area (Å²) in [5.41, 5.74) is 8.71. The van der Waals surface area contributed by atoms with Crippen LogP contribution in [0.2, 0.25) is 10.0 Å². The Kier molecular flexibility index (Phi) is 3.49. The molecule has 0 aliphatic carbocycles. The van der Waals surface area contributed by atoms with E-state index in [1.54, 1.807) is 0 Å². The lowest BCUT2D eigenvalue weighted by atomic mass is 10.00. The molecule has 82 valence electrons. The third-order valence-electron chi connectivity index (χ3n) is 2.46. The van der Waals surface area contributed by atoms with Crippen LogP contribution >= 0.6 is 23.2 Å². The molecule has 0 aliphatic rings. The van der Waals surface area contributed by atoms with Crippen molar-refractivity contribution < 1.29 is 0 Å². The molecule has 2 N–H and O–H groups in total. The Bertz CT molecular complexity index is 509. The summed E-state index contributed by atoms with van der Waals surface area (Å²) in [6.45, 7) is 0.470. The van der Waals surface area contributed by atoms with E-state index in [1.807, 2.05) is 42.5 Å². The van der Waals surface area contributed by atoms with Gasteiger partial charge in [-0.3, -0.25) is 0 Å². The first-order valence-electron chi connectivity index (χ1n) is 4.96. The highest BCUT2D eigenvalue weighted by Crippen LogP contribution is 2.32. The minimum atomic E-state index is 0.470. The third kappa shape index (κ3) is 2.22. The second-order valence-electron chi connectivity index (χ2n) is 3.49. The SMILES string of the molecule is NCc1ccc(Cl)cc1-c1ccccc1Cl. The van der Waals surface area contributed by atoms with Gasteiger partial charge in [-0.05, 0) is 29.3 Å². The van der Waals surface area contributed by atoms with Gasteiger partial charge in [-0.2, -0.15) is 0 Å². The van der Waals surface area contributed by atoms with Gasteiger partial charge in [-0.25, -0.2) is 0 Å². The summed E-state index contributed by atoms with van der Waals surface area (Å²) in [4.78, 5) is 0. The summed E-state index contributed by atoms with van der Waals surface area (Å²) in [5.74, 6) is 0. The van der Waals surface area contributed by atoms with Crippen LogP contribution in [-0.4, -0.2) is 0 Å². The van der Waals surface area contributed by atoms with Gasteiger partial charge in [0, 0.05) is 22.2 Å². The van der Waals surface area contributed by atoms with Gasteiger partial charge in [0.05, 0.1) is 0 Å². The van der Waals surface area contributed by atoms with Gasteiger partial charge in [0.2, 0.25) is 0 Å². The fourth-order valence-electron chi connectivity index (χ4n) is 1.66. The topological polar surface area (TPSA) is 26.0 Å². The predicted octanol–water partition coefficient (Wildman–Crippen LogP) is 4.12. The molecule has 0 heterocycles. The molecule has 1 nitrogen and oxygen atoms in total. The zero-order chi connectivity index (χ0) is 11.5. The highest BCUT2D eigenvalue weighted by Gasteiger charge is 2.07. The monoisotopic (exact) mass is 251 g/mol. The molecule has 0 amide bonds. The van der Waals surface area contributed by atoms with Crippen LogP contribution in [0.3, 0.4) is 0 Å². The minimum Gasteiger partial charge on any atom is -0.326 e. The van der Waals surface area contributed by atoms with Crippen LogP contribution < -0.4 is 5.73 Å². The lowest BCUT2D eigenvalue weighted by Gasteiger charge is -2.10. The second-order valence-corrected chi connectivity index (χ2v) is 4.33. The lowest BCUT2D eigenvalue weighted by molar-refractivity contribution is 1.07. The quantitative estimate of drug-likeness (QED) is 0.854. The van der Waals surface area contributed by atoms with E-state index in [1.165, 1.54) is 0 Å². The number of nitrogens with two attached hydrogens (primary N) is 1. The lowest BCUT2D eigenvalue weighted by Crippen LogP contribution is -1.99. The highest BCUT2D eigenvalue weighted by atomic mass is 35.5. The van der Waals surface area contributed by atoms with E-state index >= 15 is 0 Å². The summed E-state index contributed by atoms with van der Waals surface area (Å²) in [5, 5.41) is 1.39. The molecule has 16 heavy (non-hydrogen) atoms. The molecule has 3 heteroatoms. The van der Waals surface area contributed by atoms with Gasteiger partial charge in [0.25, 0.3) is 0 Å². The molecule has 2 aromatic rings. The van der Waals surface area contributed by atoms with Crippen LogP contribution in [0.1, 0.15) is 5.56 Å². The number of hydrogen-bond acceptors (Lipinski definition) is 1. The van der Waals surface area contributed by atoms with E-state index in [2.05, 4.69) is 0 Å².